The van der Waals surface area contributed by atoms with Gasteiger partial charge in [0.25, 0.3) is 5.91 Å². The molecule has 0 spiro atoms. The first-order valence-electron chi connectivity index (χ1n) is 10.3. The van der Waals surface area contributed by atoms with E-state index >= 15 is 0 Å². The van der Waals surface area contributed by atoms with Gasteiger partial charge in [0, 0.05) is 41.6 Å². The number of fused-ring (bicyclic) bond motifs is 1. The number of halogens is 1. The monoisotopic (exact) mass is 467 g/mol. The lowest BCUT2D eigenvalue weighted by atomic mass is 9.91. The van der Waals surface area contributed by atoms with Crippen LogP contribution in [0.5, 0.6) is 0 Å². The SMILES string of the molecule is CN(C)c1nc(N[C@H]2CC[C@@H](NC(=O)c3ccc(Br)cc3)CC2)nc2ccccc12. The van der Waals surface area contributed by atoms with E-state index in [2.05, 4.69) is 26.6 Å². The third-order valence-corrected chi connectivity index (χ3v) is 6.04. The van der Waals surface area contributed by atoms with Crippen molar-refractivity contribution in [3.63, 3.8) is 0 Å². The Kier molecular flexibility index (Phi) is 6.18. The summed E-state index contributed by atoms with van der Waals surface area (Å²) in [5.41, 5.74) is 1.63. The molecule has 1 heterocycles. The largest absolute Gasteiger partial charge is 0.362 e. The first kappa shape index (κ1) is 20.6. The second-order valence-electron chi connectivity index (χ2n) is 7.96. The summed E-state index contributed by atoms with van der Waals surface area (Å²) in [7, 11) is 4.00. The van der Waals surface area contributed by atoms with E-state index in [1.54, 1.807) is 0 Å². The maximum absolute atomic E-state index is 12.5. The molecule has 0 atom stereocenters. The van der Waals surface area contributed by atoms with E-state index in [1.807, 2.05) is 67.5 Å². The van der Waals surface area contributed by atoms with E-state index in [0.29, 0.717) is 17.6 Å². The Hall–Kier alpha value is -2.67. The van der Waals surface area contributed by atoms with Gasteiger partial charge >= 0.3 is 0 Å². The number of amides is 1. The average molecular weight is 468 g/mol. The van der Waals surface area contributed by atoms with Gasteiger partial charge in [-0.3, -0.25) is 4.79 Å². The van der Waals surface area contributed by atoms with Crippen molar-refractivity contribution >= 4 is 44.5 Å². The number of carbonyl (C=O) groups is 1. The van der Waals surface area contributed by atoms with Crippen LogP contribution in [0, 0.1) is 0 Å². The number of nitrogens with one attached hydrogen (secondary N) is 2. The first-order chi connectivity index (χ1) is 14.5. The molecule has 7 heteroatoms. The van der Waals surface area contributed by atoms with Gasteiger partial charge in [0.2, 0.25) is 5.95 Å². The summed E-state index contributed by atoms with van der Waals surface area (Å²) in [4.78, 5) is 23.9. The Bertz CT molecular complexity index is 1030. The van der Waals surface area contributed by atoms with Crippen LogP contribution in [0.25, 0.3) is 10.9 Å². The summed E-state index contributed by atoms with van der Waals surface area (Å²) in [6.07, 6.45) is 3.82. The lowest BCUT2D eigenvalue weighted by Gasteiger charge is -2.30. The molecule has 0 aliphatic heterocycles. The zero-order valence-corrected chi connectivity index (χ0v) is 18.8. The molecule has 3 aromatic rings. The van der Waals surface area contributed by atoms with Crippen molar-refractivity contribution in [2.75, 3.05) is 24.3 Å². The number of aromatic nitrogens is 2. The first-order valence-corrected chi connectivity index (χ1v) is 11.1. The van der Waals surface area contributed by atoms with Crippen LogP contribution in [0.1, 0.15) is 36.0 Å². The van der Waals surface area contributed by atoms with E-state index < -0.39 is 0 Å². The van der Waals surface area contributed by atoms with Crippen LogP contribution in [0.15, 0.2) is 53.0 Å². The van der Waals surface area contributed by atoms with Crippen molar-refractivity contribution < 1.29 is 4.79 Å². The highest BCUT2D eigenvalue weighted by Gasteiger charge is 2.23. The molecule has 4 rings (SSSR count). The maximum atomic E-state index is 12.5. The Morgan fingerprint density at radius 1 is 0.967 bits per heavy atom. The number of hydrogen-bond donors (Lipinski definition) is 2. The van der Waals surface area contributed by atoms with Crippen LogP contribution in [-0.4, -0.2) is 42.1 Å². The molecular formula is C23H26BrN5O. The lowest BCUT2D eigenvalue weighted by Crippen LogP contribution is -2.40. The fraction of sp³-hybridized carbons (Fsp3) is 0.348. The zero-order valence-electron chi connectivity index (χ0n) is 17.2. The quantitative estimate of drug-likeness (QED) is 0.573. The van der Waals surface area contributed by atoms with Gasteiger partial charge in [0.15, 0.2) is 0 Å². The Morgan fingerprint density at radius 3 is 2.33 bits per heavy atom. The third kappa shape index (κ3) is 4.73. The molecule has 1 amide bonds. The molecule has 1 saturated carbocycles. The summed E-state index contributed by atoms with van der Waals surface area (Å²) in [5.74, 6) is 1.57. The normalized spacial score (nSPS) is 18.8. The lowest BCUT2D eigenvalue weighted by molar-refractivity contribution is 0.0926. The van der Waals surface area contributed by atoms with Crippen molar-refractivity contribution in [2.45, 2.75) is 37.8 Å². The van der Waals surface area contributed by atoms with Crippen molar-refractivity contribution in [3.8, 4) is 0 Å². The molecule has 1 aliphatic rings. The van der Waals surface area contributed by atoms with E-state index in [4.69, 9.17) is 9.97 Å². The summed E-state index contributed by atoms with van der Waals surface area (Å²) in [6.45, 7) is 0. The molecule has 2 aromatic carbocycles. The highest BCUT2D eigenvalue weighted by atomic mass is 79.9. The van der Waals surface area contributed by atoms with Crippen molar-refractivity contribution in [1.82, 2.24) is 15.3 Å². The molecular weight excluding hydrogens is 442 g/mol. The minimum absolute atomic E-state index is 0.00704. The third-order valence-electron chi connectivity index (χ3n) is 5.51. The second kappa shape index (κ2) is 9.00. The standard InChI is InChI=1S/C23H26BrN5O/c1-29(2)21-19-5-3-4-6-20(19)27-23(28-21)26-18-13-11-17(12-14-18)25-22(30)15-7-9-16(24)10-8-15/h3-10,17-18H,11-14H2,1-2H3,(H,25,30)(H,26,27,28)/t17-,18+. The number of benzene rings is 2. The van der Waals surface area contributed by atoms with Crippen LogP contribution in [0.2, 0.25) is 0 Å². The fourth-order valence-corrected chi connectivity index (χ4v) is 4.16. The van der Waals surface area contributed by atoms with E-state index in [0.717, 1.165) is 46.9 Å². The highest BCUT2D eigenvalue weighted by molar-refractivity contribution is 9.10. The summed E-state index contributed by atoms with van der Waals surface area (Å²) >= 11 is 3.40. The maximum Gasteiger partial charge on any atom is 0.251 e. The minimum atomic E-state index is -0.00704. The highest BCUT2D eigenvalue weighted by Crippen LogP contribution is 2.26. The molecule has 6 nitrogen and oxygen atoms in total. The number of anilines is 2. The Morgan fingerprint density at radius 2 is 1.63 bits per heavy atom. The molecule has 1 fully saturated rings. The fourth-order valence-electron chi connectivity index (χ4n) is 3.90. The molecule has 156 valence electrons. The number of para-hydroxylation sites is 1. The summed E-state index contributed by atoms with van der Waals surface area (Å²) in [6, 6.07) is 16.0. The molecule has 1 aromatic heterocycles. The average Bonchev–Trinajstić information content (AvgIpc) is 2.75. The van der Waals surface area contributed by atoms with Crippen LogP contribution >= 0.6 is 15.9 Å². The zero-order chi connectivity index (χ0) is 21.1. The minimum Gasteiger partial charge on any atom is -0.362 e. The van der Waals surface area contributed by atoms with Gasteiger partial charge in [-0.1, -0.05) is 28.1 Å². The van der Waals surface area contributed by atoms with Crippen LogP contribution in [-0.2, 0) is 0 Å². The molecule has 30 heavy (non-hydrogen) atoms. The Labute approximate surface area is 185 Å². The summed E-state index contributed by atoms with van der Waals surface area (Å²) < 4.78 is 0.971. The number of hydrogen-bond acceptors (Lipinski definition) is 5. The van der Waals surface area contributed by atoms with Crippen LogP contribution in [0.3, 0.4) is 0 Å². The van der Waals surface area contributed by atoms with Crippen LogP contribution < -0.4 is 15.5 Å². The predicted molar refractivity (Wildman–Crippen MR) is 125 cm³/mol. The van der Waals surface area contributed by atoms with E-state index in [1.165, 1.54) is 0 Å². The second-order valence-corrected chi connectivity index (χ2v) is 8.87. The molecule has 0 unspecified atom stereocenters. The van der Waals surface area contributed by atoms with E-state index in [9.17, 15) is 4.79 Å². The van der Waals surface area contributed by atoms with Gasteiger partial charge in [-0.25, -0.2) is 4.98 Å². The topological polar surface area (TPSA) is 70.2 Å². The number of rotatable bonds is 5. The van der Waals surface area contributed by atoms with E-state index in [-0.39, 0.29) is 11.9 Å². The van der Waals surface area contributed by atoms with Crippen molar-refractivity contribution in [1.29, 1.82) is 0 Å². The van der Waals surface area contributed by atoms with Crippen LogP contribution in [0.4, 0.5) is 11.8 Å². The predicted octanol–water partition coefficient (Wildman–Crippen LogP) is 4.61. The molecule has 0 saturated heterocycles. The molecule has 1 aliphatic carbocycles. The molecule has 0 radical (unpaired) electrons. The van der Waals surface area contributed by atoms with Gasteiger partial charge in [-0.2, -0.15) is 4.98 Å². The van der Waals surface area contributed by atoms with Gasteiger partial charge in [-0.15, -0.1) is 0 Å². The number of carbonyl (C=O) groups excluding carboxylic acids is 1. The smallest absolute Gasteiger partial charge is 0.251 e. The van der Waals surface area contributed by atoms with Gasteiger partial charge in [0.1, 0.15) is 5.82 Å². The van der Waals surface area contributed by atoms with Gasteiger partial charge in [0.05, 0.1) is 5.52 Å². The number of nitrogens with zero attached hydrogens (tertiary/aromatic N) is 3. The van der Waals surface area contributed by atoms with Crippen molar-refractivity contribution in [3.05, 3.63) is 58.6 Å². The summed E-state index contributed by atoms with van der Waals surface area (Å²) in [5, 5.41) is 7.73. The van der Waals surface area contributed by atoms with Gasteiger partial charge in [-0.05, 0) is 62.1 Å². The molecule has 0 bridgehead atoms. The molecule has 2 N–H and O–H groups in total. The van der Waals surface area contributed by atoms with Crippen molar-refractivity contribution in [2.24, 2.45) is 0 Å². The Balaban J connectivity index is 1.37. The van der Waals surface area contributed by atoms with Gasteiger partial charge < -0.3 is 15.5 Å².